The zero-order valence-electron chi connectivity index (χ0n) is 15.4. The van der Waals surface area contributed by atoms with E-state index in [1.165, 1.54) is 56.9 Å². The summed E-state index contributed by atoms with van der Waals surface area (Å²) >= 11 is 0. The zero-order chi connectivity index (χ0) is 16.8. The first-order chi connectivity index (χ1) is 11.8. The fourth-order valence-electron chi connectivity index (χ4n) is 4.88. The average Bonchev–Trinajstić information content (AvgIpc) is 2.67. The lowest BCUT2D eigenvalue weighted by atomic mass is 9.68. The standard InChI is InChI=1S/C23H34O/c1-3-18-5-9-20(10-6-18)22-13-15-23(16-14-22)21-11-7-19(8-12-21)17-24-4-2/h3,7-8,11-12,18,20,22-23H,1,4-6,9-10,13-17H2,2H3. The maximum atomic E-state index is 5.50. The third kappa shape index (κ3) is 4.51. The predicted molar refractivity (Wildman–Crippen MR) is 102 cm³/mol. The van der Waals surface area contributed by atoms with E-state index in [0.717, 1.165) is 36.9 Å². The van der Waals surface area contributed by atoms with E-state index in [4.69, 9.17) is 4.74 Å². The van der Waals surface area contributed by atoms with Crippen LogP contribution in [0.15, 0.2) is 36.9 Å². The molecule has 0 spiro atoms. The van der Waals surface area contributed by atoms with E-state index in [1.807, 2.05) is 0 Å². The Morgan fingerprint density at radius 3 is 2.04 bits per heavy atom. The Bertz CT molecular complexity index is 487. The van der Waals surface area contributed by atoms with Crippen LogP contribution >= 0.6 is 0 Å². The predicted octanol–water partition coefficient (Wildman–Crippen LogP) is 6.49. The largest absolute Gasteiger partial charge is 0.377 e. The van der Waals surface area contributed by atoms with Gasteiger partial charge in [-0.05, 0) is 93.1 Å². The van der Waals surface area contributed by atoms with Gasteiger partial charge >= 0.3 is 0 Å². The van der Waals surface area contributed by atoms with Crippen molar-refractivity contribution in [3.63, 3.8) is 0 Å². The molecule has 0 amide bonds. The highest BCUT2D eigenvalue weighted by atomic mass is 16.5. The normalized spacial score (nSPS) is 30.9. The van der Waals surface area contributed by atoms with Crippen LogP contribution in [0.5, 0.6) is 0 Å². The Kier molecular flexibility index (Phi) is 6.54. The van der Waals surface area contributed by atoms with Crippen molar-refractivity contribution in [2.45, 2.75) is 70.8 Å². The molecule has 1 aromatic rings. The summed E-state index contributed by atoms with van der Waals surface area (Å²) in [5.41, 5.74) is 2.84. The Morgan fingerprint density at radius 1 is 0.917 bits per heavy atom. The second-order valence-corrected chi connectivity index (χ2v) is 7.90. The van der Waals surface area contributed by atoms with Crippen LogP contribution in [0.4, 0.5) is 0 Å². The van der Waals surface area contributed by atoms with Gasteiger partial charge in [-0.2, -0.15) is 0 Å². The molecule has 1 heteroatoms. The summed E-state index contributed by atoms with van der Waals surface area (Å²) in [7, 11) is 0. The number of hydrogen-bond acceptors (Lipinski definition) is 1. The van der Waals surface area contributed by atoms with Crippen LogP contribution in [0.1, 0.15) is 75.3 Å². The SMILES string of the molecule is C=CC1CCC(C2CCC(c3ccc(COCC)cc3)CC2)CC1. The van der Waals surface area contributed by atoms with Crippen molar-refractivity contribution in [1.29, 1.82) is 0 Å². The molecule has 1 aromatic carbocycles. The summed E-state index contributed by atoms with van der Waals surface area (Å²) in [5, 5.41) is 0. The van der Waals surface area contributed by atoms with E-state index in [1.54, 1.807) is 5.56 Å². The van der Waals surface area contributed by atoms with Crippen LogP contribution in [0, 0.1) is 17.8 Å². The van der Waals surface area contributed by atoms with E-state index >= 15 is 0 Å². The van der Waals surface area contributed by atoms with Gasteiger partial charge in [-0.25, -0.2) is 0 Å². The molecule has 2 saturated carbocycles. The lowest BCUT2D eigenvalue weighted by Crippen LogP contribution is -2.25. The Hall–Kier alpha value is -1.08. The molecular formula is C23H34O. The van der Waals surface area contributed by atoms with E-state index in [-0.39, 0.29) is 0 Å². The molecule has 0 atom stereocenters. The Labute approximate surface area is 148 Å². The third-order valence-electron chi connectivity index (χ3n) is 6.51. The molecule has 3 rings (SSSR count). The minimum Gasteiger partial charge on any atom is -0.377 e. The summed E-state index contributed by atoms with van der Waals surface area (Å²) in [6.07, 6.45) is 13.5. The average molecular weight is 327 g/mol. The van der Waals surface area contributed by atoms with Crippen LogP contribution in [-0.4, -0.2) is 6.61 Å². The van der Waals surface area contributed by atoms with Gasteiger partial charge in [0, 0.05) is 6.61 Å². The van der Waals surface area contributed by atoms with E-state index in [0.29, 0.717) is 0 Å². The zero-order valence-corrected chi connectivity index (χ0v) is 15.4. The highest BCUT2D eigenvalue weighted by Crippen LogP contribution is 2.44. The fourth-order valence-corrected chi connectivity index (χ4v) is 4.88. The first-order valence-corrected chi connectivity index (χ1v) is 10.1. The number of benzene rings is 1. The fraction of sp³-hybridized carbons (Fsp3) is 0.652. The summed E-state index contributed by atoms with van der Waals surface area (Å²) in [5.74, 6) is 3.57. The Balaban J connectivity index is 1.47. The highest BCUT2D eigenvalue weighted by molar-refractivity contribution is 5.25. The quantitative estimate of drug-likeness (QED) is 0.543. The summed E-state index contributed by atoms with van der Waals surface area (Å²) in [6.45, 7) is 7.57. The van der Waals surface area contributed by atoms with E-state index in [2.05, 4.69) is 43.8 Å². The molecule has 24 heavy (non-hydrogen) atoms. The maximum absolute atomic E-state index is 5.50. The molecule has 2 aliphatic rings. The number of hydrogen-bond donors (Lipinski definition) is 0. The lowest BCUT2D eigenvalue weighted by Gasteiger charge is -2.37. The summed E-state index contributed by atoms with van der Waals surface area (Å²) in [6, 6.07) is 9.20. The van der Waals surface area contributed by atoms with Crippen LogP contribution in [0.25, 0.3) is 0 Å². The molecule has 0 aromatic heterocycles. The third-order valence-corrected chi connectivity index (χ3v) is 6.51. The van der Waals surface area contributed by atoms with Gasteiger partial charge in [0.1, 0.15) is 0 Å². The molecule has 0 saturated heterocycles. The number of rotatable bonds is 6. The molecule has 0 radical (unpaired) electrons. The van der Waals surface area contributed by atoms with Crippen molar-refractivity contribution in [1.82, 2.24) is 0 Å². The van der Waals surface area contributed by atoms with Gasteiger partial charge in [0.25, 0.3) is 0 Å². The maximum Gasteiger partial charge on any atom is 0.0716 e. The van der Waals surface area contributed by atoms with Gasteiger partial charge in [-0.1, -0.05) is 30.3 Å². The number of ether oxygens (including phenoxy) is 1. The minimum absolute atomic E-state index is 0.747. The van der Waals surface area contributed by atoms with Crippen molar-refractivity contribution in [2.24, 2.45) is 17.8 Å². The molecule has 0 unspecified atom stereocenters. The van der Waals surface area contributed by atoms with Gasteiger partial charge in [-0.3, -0.25) is 0 Å². The van der Waals surface area contributed by atoms with Crippen molar-refractivity contribution in [3.8, 4) is 0 Å². The highest BCUT2D eigenvalue weighted by Gasteiger charge is 2.30. The second kappa shape index (κ2) is 8.85. The molecule has 2 aliphatic carbocycles. The molecular weight excluding hydrogens is 292 g/mol. The van der Waals surface area contributed by atoms with E-state index in [9.17, 15) is 0 Å². The molecule has 132 valence electrons. The molecule has 0 bridgehead atoms. The van der Waals surface area contributed by atoms with Crippen LogP contribution in [0.2, 0.25) is 0 Å². The van der Waals surface area contributed by atoms with Crippen LogP contribution in [0.3, 0.4) is 0 Å². The minimum atomic E-state index is 0.747. The van der Waals surface area contributed by atoms with Gasteiger partial charge in [-0.15, -0.1) is 6.58 Å². The van der Waals surface area contributed by atoms with Crippen molar-refractivity contribution < 1.29 is 4.74 Å². The topological polar surface area (TPSA) is 9.23 Å². The van der Waals surface area contributed by atoms with Gasteiger partial charge < -0.3 is 4.74 Å². The summed E-state index contributed by atoms with van der Waals surface area (Å²) < 4.78 is 5.50. The lowest BCUT2D eigenvalue weighted by molar-refractivity contribution is 0.134. The van der Waals surface area contributed by atoms with Crippen LogP contribution < -0.4 is 0 Å². The number of allylic oxidation sites excluding steroid dienone is 1. The van der Waals surface area contributed by atoms with Gasteiger partial charge in [0.15, 0.2) is 0 Å². The van der Waals surface area contributed by atoms with E-state index < -0.39 is 0 Å². The molecule has 0 heterocycles. The summed E-state index contributed by atoms with van der Waals surface area (Å²) in [4.78, 5) is 0. The first kappa shape index (κ1) is 17.7. The smallest absolute Gasteiger partial charge is 0.0716 e. The molecule has 1 nitrogen and oxygen atoms in total. The molecule has 0 aliphatic heterocycles. The van der Waals surface area contributed by atoms with Crippen molar-refractivity contribution in [3.05, 3.63) is 48.0 Å². The second-order valence-electron chi connectivity index (χ2n) is 7.90. The molecule has 0 N–H and O–H groups in total. The van der Waals surface area contributed by atoms with Crippen molar-refractivity contribution in [2.75, 3.05) is 6.61 Å². The van der Waals surface area contributed by atoms with Crippen LogP contribution in [-0.2, 0) is 11.3 Å². The monoisotopic (exact) mass is 326 g/mol. The van der Waals surface area contributed by atoms with Gasteiger partial charge in [0.05, 0.1) is 6.61 Å². The van der Waals surface area contributed by atoms with Gasteiger partial charge in [0.2, 0.25) is 0 Å². The Morgan fingerprint density at radius 2 is 1.50 bits per heavy atom. The first-order valence-electron chi connectivity index (χ1n) is 10.1. The van der Waals surface area contributed by atoms with Crippen molar-refractivity contribution >= 4 is 0 Å². The molecule has 2 fully saturated rings.